The van der Waals surface area contributed by atoms with Crippen molar-refractivity contribution in [1.29, 1.82) is 0 Å². The molecule has 6 nitrogen and oxygen atoms in total. The van der Waals surface area contributed by atoms with E-state index in [1.165, 1.54) is 4.40 Å². The second-order valence-electron chi connectivity index (χ2n) is 5.83. The predicted octanol–water partition coefficient (Wildman–Crippen LogP) is 1.38. The molecule has 7 heteroatoms. The number of aromatic nitrogens is 2. The van der Waals surface area contributed by atoms with Crippen LogP contribution in [-0.4, -0.2) is 23.3 Å². The minimum absolute atomic E-state index is 0.0156. The molecule has 3 rings (SSSR count). The summed E-state index contributed by atoms with van der Waals surface area (Å²) in [5.41, 5.74) is 5.85. The summed E-state index contributed by atoms with van der Waals surface area (Å²) in [7, 11) is -3.71. The maximum Gasteiger partial charge on any atom is 0.260 e. The van der Waals surface area contributed by atoms with E-state index in [1.807, 2.05) is 13.8 Å². The zero-order valence-electron chi connectivity index (χ0n) is 11.5. The Labute approximate surface area is 118 Å². The van der Waals surface area contributed by atoms with Gasteiger partial charge in [-0.15, -0.1) is 0 Å². The normalized spacial score (nSPS) is 16.7. The summed E-state index contributed by atoms with van der Waals surface area (Å²) in [5, 5.41) is 0.0156. The number of sulfonamides is 1. The topological polar surface area (TPSA) is 89.5 Å². The van der Waals surface area contributed by atoms with Crippen LogP contribution in [0.15, 0.2) is 29.4 Å². The lowest BCUT2D eigenvalue weighted by atomic mass is 10.0. The average molecular weight is 294 g/mol. The molecule has 0 aliphatic heterocycles. The van der Waals surface area contributed by atoms with E-state index in [9.17, 15) is 8.42 Å². The number of hydrogen-bond donors (Lipinski definition) is 2. The highest BCUT2D eigenvalue weighted by Crippen LogP contribution is 2.40. The van der Waals surface area contributed by atoms with Gasteiger partial charge in [0.1, 0.15) is 5.65 Å². The monoisotopic (exact) mass is 294 g/mol. The molecule has 0 unspecified atom stereocenters. The highest BCUT2D eigenvalue weighted by Gasteiger charge is 2.41. The Morgan fingerprint density at radius 3 is 2.75 bits per heavy atom. The van der Waals surface area contributed by atoms with E-state index in [0.717, 1.165) is 12.8 Å². The van der Waals surface area contributed by atoms with Gasteiger partial charge in [0.15, 0.2) is 10.8 Å². The van der Waals surface area contributed by atoms with Gasteiger partial charge < -0.3 is 5.73 Å². The summed E-state index contributed by atoms with van der Waals surface area (Å²) in [6, 6.07) is 5.26. The van der Waals surface area contributed by atoms with Gasteiger partial charge in [0, 0.05) is 11.7 Å². The second-order valence-corrected chi connectivity index (χ2v) is 7.43. The van der Waals surface area contributed by atoms with E-state index in [0.29, 0.717) is 11.6 Å². The Hall–Kier alpha value is -1.60. The van der Waals surface area contributed by atoms with Crippen molar-refractivity contribution in [2.24, 2.45) is 5.92 Å². The quantitative estimate of drug-likeness (QED) is 0.891. The van der Waals surface area contributed by atoms with Crippen molar-refractivity contribution in [3.8, 4) is 0 Å². The maximum atomic E-state index is 12.6. The smallest absolute Gasteiger partial charge is 0.260 e. The Bertz CT molecular complexity index is 760. The van der Waals surface area contributed by atoms with Crippen molar-refractivity contribution in [2.45, 2.75) is 37.3 Å². The van der Waals surface area contributed by atoms with Crippen LogP contribution < -0.4 is 10.5 Å². The molecule has 0 radical (unpaired) electrons. The number of nitrogens with one attached hydrogen (secondary N) is 1. The molecular weight excluding hydrogens is 276 g/mol. The summed E-state index contributed by atoms with van der Waals surface area (Å²) in [6.45, 7) is 3.81. The lowest BCUT2D eigenvalue weighted by Crippen LogP contribution is -2.45. The first kappa shape index (κ1) is 13.4. The largest absolute Gasteiger partial charge is 0.381 e. The van der Waals surface area contributed by atoms with Gasteiger partial charge in [-0.3, -0.25) is 4.40 Å². The number of nitrogens with two attached hydrogens (primary N) is 1. The molecule has 20 heavy (non-hydrogen) atoms. The van der Waals surface area contributed by atoms with Gasteiger partial charge in [-0.2, -0.15) is 0 Å². The van der Waals surface area contributed by atoms with Gasteiger partial charge in [0.25, 0.3) is 10.0 Å². The number of imidazole rings is 1. The molecule has 2 aromatic rings. The molecule has 1 saturated carbocycles. The van der Waals surface area contributed by atoms with E-state index in [-0.39, 0.29) is 10.8 Å². The van der Waals surface area contributed by atoms with Crippen LogP contribution in [0.4, 0.5) is 5.82 Å². The first-order valence-corrected chi connectivity index (χ1v) is 8.06. The van der Waals surface area contributed by atoms with Gasteiger partial charge in [-0.1, -0.05) is 6.07 Å². The Morgan fingerprint density at radius 2 is 2.10 bits per heavy atom. The van der Waals surface area contributed by atoms with Crippen LogP contribution in [0.2, 0.25) is 0 Å². The van der Waals surface area contributed by atoms with Crippen molar-refractivity contribution in [2.75, 3.05) is 5.73 Å². The number of nitrogens with zero attached hydrogens (tertiary/aromatic N) is 2. The molecule has 2 aromatic heterocycles. The summed E-state index contributed by atoms with van der Waals surface area (Å²) >= 11 is 0. The van der Waals surface area contributed by atoms with Crippen LogP contribution >= 0.6 is 0 Å². The van der Waals surface area contributed by atoms with Crippen molar-refractivity contribution >= 4 is 21.5 Å². The van der Waals surface area contributed by atoms with Crippen molar-refractivity contribution in [1.82, 2.24) is 14.1 Å². The summed E-state index contributed by atoms with van der Waals surface area (Å²) in [4.78, 5) is 4.09. The van der Waals surface area contributed by atoms with Crippen LogP contribution in [0.1, 0.15) is 26.7 Å². The first-order valence-electron chi connectivity index (χ1n) is 6.58. The van der Waals surface area contributed by atoms with Crippen LogP contribution in [0.5, 0.6) is 0 Å². The molecule has 0 aromatic carbocycles. The van der Waals surface area contributed by atoms with Crippen molar-refractivity contribution in [3.05, 3.63) is 24.4 Å². The zero-order chi connectivity index (χ0) is 14.5. The molecule has 3 N–H and O–H groups in total. The predicted molar refractivity (Wildman–Crippen MR) is 76.7 cm³/mol. The average Bonchev–Trinajstić information content (AvgIpc) is 3.10. The Morgan fingerprint density at radius 1 is 1.40 bits per heavy atom. The second kappa shape index (κ2) is 4.20. The van der Waals surface area contributed by atoms with E-state index < -0.39 is 15.6 Å². The minimum Gasteiger partial charge on any atom is -0.381 e. The van der Waals surface area contributed by atoms with Crippen LogP contribution in [0.25, 0.3) is 5.65 Å². The number of hydrogen-bond acceptors (Lipinski definition) is 4. The molecule has 0 saturated heterocycles. The van der Waals surface area contributed by atoms with Gasteiger partial charge in [-0.05, 0) is 44.7 Å². The molecule has 0 amide bonds. The fourth-order valence-electron chi connectivity index (χ4n) is 2.54. The molecule has 1 aliphatic rings. The molecule has 108 valence electrons. The fraction of sp³-hybridized carbons (Fsp3) is 0.462. The highest BCUT2D eigenvalue weighted by atomic mass is 32.2. The lowest BCUT2D eigenvalue weighted by Gasteiger charge is -2.25. The van der Waals surface area contributed by atoms with Crippen molar-refractivity contribution in [3.63, 3.8) is 0 Å². The lowest BCUT2D eigenvalue weighted by molar-refractivity contribution is 0.400. The third-order valence-electron chi connectivity index (χ3n) is 3.76. The number of anilines is 1. The molecule has 1 aliphatic carbocycles. The minimum atomic E-state index is -3.71. The number of rotatable bonds is 4. The van der Waals surface area contributed by atoms with Gasteiger partial charge >= 0.3 is 0 Å². The van der Waals surface area contributed by atoms with Gasteiger partial charge in [0.05, 0.1) is 0 Å². The summed E-state index contributed by atoms with van der Waals surface area (Å²) in [6.07, 6.45) is 3.76. The van der Waals surface area contributed by atoms with E-state index in [2.05, 4.69) is 9.71 Å². The molecule has 0 spiro atoms. The van der Waals surface area contributed by atoms with Crippen LogP contribution in [0.3, 0.4) is 0 Å². The van der Waals surface area contributed by atoms with Crippen LogP contribution in [-0.2, 0) is 10.0 Å². The fourth-order valence-corrected chi connectivity index (χ4v) is 4.23. The summed E-state index contributed by atoms with van der Waals surface area (Å²) in [5.74, 6) is 0.410. The molecule has 0 atom stereocenters. The van der Waals surface area contributed by atoms with Crippen molar-refractivity contribution < 1.29 is 8.42 Å². The van der Waals surface area contributed by atoms with Crippen LogP contribution in [0, 0.1) is 5.92 Å². The molecule has 1 fully saturated rings. The molecular formula is C13H18N4O2S. The standard InChI is InChI=1S/C13H18N4O2S/c1-13(2,9-6-7-9)16-20(18,19)12-11(14)15-10-5-3-4-8-17(10)12/h3-5,8-9,16H,6-7,14H2,1-2H3. The van der Waals surface area contributed by atoms with E-state index in [4.69, 9.17) is 5.73 Å². The maximum absolute atomic E-state index is 12.6. The SMILES string of the molecule is CC(C)(NS(=O)(=O)c1c(N)nc2ccccn12)C1CC1. The third kappa shape index (κ3) is 2.16. The number of nitrogen functional groups attached to an aromatic ring is 1. The Kier molecular flexibility index (Phi) is 2.81. The molecule has 0 bridgehead atoms. The zero-order valence-corrected chi connectivity index (χ0v) is 12.3. The third-order valence-corrected chi connectivity index (χ3v) is 5.47. The highest BCUT2D eigenvalue weighted by molar-refractivity contribution is 7.89. The number of fused-ring (bicyclic) bond motifs is 1. The van der Waals surface area contributed by atoms with E-state index >= 15 is 0 Å². The molecule has 2 heterocycles. The van der Waals surface area contributed by atoms with Gasteiger partial charge in [0.2, 0.25) is 0 Å². The number of pyridine rings is 1. The summed E-state index contributed by atoms with van der Waals surface area (Å²) < 4.78 is 29.5. The van der Waals surface area contributed by atoms with E-state index in [1.54, 1.807) is 24.4 Å². The Balaban J connectivity index is 2.07. The first-order chi connectivity index (χ1) is 9.31. The van der Waals surface area contributed by atoms with Gasteiger partial charge in [-0.25, -0.2) is 18.1 Å².